The number of halogens is 3. The number of rotatable bonds is 9. The van der Waals surface area contributed by atoms with Crippen LogP contribution in [0.1, 0.15) is 32.3 Å². The molecule has 140 valence electrons. The molecule has 0 fully saturated rings. The lowest BCUT2D eigenvalue weighted by molar-refractivity contribution is -0.131. The molecule has 1 rings (SSSR count). The van der Waals surface area contributed by atoms with Crippen molar-refractivity contribution >= 4 is 30.7 Å². The summed E-state index contributed by atoms with van der Waals surface area (Å²) in [6.07, 6.45) is 1.49. The van der Waals surface area contributed by atoms with Gasteiger partial charge in [0.15, 0.2) is 0 Å². The molecular formula is C17H30Cl2FN3O. The van der Waals surface area contributed by atoms with Crippen molar-refractivity contribution in [2.75, 3.05) is 26.7 Å². The van der Waals surface area contributed by atoms with Gasteiger partial charge in [-0.2, -0.15) is 0 Å². The van der Waals surface area contributed by atoms with Gasteiger partial charge in [0.05, 0.1) is 5.41 Å². The molecule has 0 unspecified atom stereocenters. The molecule has 1 amide bonds. The van der Waals surface area contributed by atoms with E-state index in [9.17, 15) is 9.18 Å². The predicted octanol–water partition coefficient (Wildman–Crippen LogP) is 2.98. The van der Waals surface area contributed by atoms with Crippen molar-refractivity contribution in [3.8, 4) is 0 Å². The quantitative estimate of drug-likeness (QED) is 0.690. The van der Waals surface area contributed by atoms with E-state index in [2.05, 4.69) is 10.2 Å². The zero-order chi connectivity index (χ0) is 16.6. The SMILES string of the molecule is CCC(CC)(CN)C(=O)NCCN(C)Cc1ccc(F)cc1.Cl.Cl. The normalized spacial score (nSPS) is 10.8. The van der Waals surface area contributed by atoms with Crippen molar-refractivity contribution in [3.63, 3.8) is 0 Å². The summed E-state index contributed by atoms with van der Waals surface area (Å²) < 4.78 is 12.9. The van der Waals surface area contributed by atoms with Crippen molar-refractivity contribution < 1.29 is 9.18 Å². The molecule has 0 bridgehead atoms. The number of amides is 1. The summed E-state index contributed by atoms with van der Waals surface area (Å²) >= 11 is 0. The molecule has 7 heteroatoms. The molecule has 0 aromatic heterocycles. The standard InChI is InChI=1S/C17H28FN3O.2ClH/c1-4-17(5-2,13-19)16(22)20-10-11-21(3)12-14-6-8-15(18)9-7-14;;/h6-9H,4-5,10-13,19H2,1-3H3,(H,20,22);2*1H. The Labute approximate surface area is 157 Å². The van der Waals surface area contributed by atoms with Gasteiger partial charge < -0.3 is 16.0 Å². The molecule has 0 aliphatic carbocycles. The second-order valence-corrected chi connectivity index (χ2v) is 5.81. The van der Waals surface area contributed by atoms with Crippen LogP contribution in [0.15, 0.2) is 24.3 Å². The third kappa shape index (κ3) is 7.34. The van der Waals surface area contributed by atoms with E-state index >= 15 is 0 Å². The Balaban J connectivity index is 0. The molecule has 1 aromatic rings. The number of likely N-dealkylation sites (N-methyl/N-ethyl adjacent to an activating group) is 1. The van der Waals surface area contributed by atoms with Gasteiger partial charge in [-0.1, -0.05) is 26.0 Å². The average Bonchev–Trinajstić information content (AvgIpc) is 2.52. The number of hydrogen-bond donors (Lipinski definition) is 2. The van der Waals surface area contributed by atoms with Crippen LogP contribution in [-0.2, 0) is 11.3 Å². The fourth-order valence-corrected chi connectivity index (χ4v) is 2.48. The van der Waals surface area contributed by atoms with Gasteiger partial charge in [0.2, 0.25) is 5.91 Å². The lowest BCUT2D eigenvalue weighted by Crippen LogP contribution is -2.46. The Morgan fingerprint density at radius 2 is 1.75 bits per heavy atom. The number of hydrogen-bond acceptors (Lipinski definition) is 3. The van der Waals surface area contributed by atoms with E-state index < -0.39 is 5.41 Å². The monoisotopic (exact) mass is 381 g/mol. The van der Waals surface area contributed by atoms with Crippen LogP contribution in [-0.4, -0.2) is 37.5 Å². The third-order valence-electron chi connectivity index (χ3n) is 4.37. The zero-order valence-corrected chi connectivity index (χ0v) is 16.3. The molecule has 0 radical (unpaired) electrons. The summed E-state index contributed by atoms with van der Waals surface area (Å²) in [6.45, 7) is 6.40. The first-order chi connectivity index (χ1) is 10.5. The van der Waals surface area contributed by atoms with Gasteiger partial charge in [-0.3, -0.25) is 4.79 Å². The first-order valence-electron chi connectivity index (χ1n) is 7.88. The highest BCUT2D eigenvalue weighted by Gasteiger charge is 2.32. The maximum atomic E-state index is 12.9. The van der Waals surface area contributed by atoms with Gasteiger partial charge in [-0.15, -0.1) is 24.8 Å². The van der Waals surface area contributed by atoms with Gasteiger partial charge in [-0.05, 0) is 37.6 Å². The Morgan fingerprint density at radius 1 is 1.21 bits per heavy atom. The van der Waals surface area contributed by atoms with Crippen molar-refractivity contribution in [2.45, 2.75) is 33.2 Å². The van der Waals surface area contributed by atoms with Crippen molar-refractivity contribution in [1.82, 2.24) is 10.2 Å². The van der Waals surface area contributed by atoms with Gasteiger partial charge in [0.1, 0.15) is 5.82 Å². The molecule has 0 atom stereocenters. The lowest BCUT2D eigenvalue weighted by atomic mass is 9.81. The zero-order valence-electron chi connectivity index (χ0n) is 14.7. The van der Waals surface area contributed by atoms with Crippen molar-refractivity contribution in [1.29, 1.82) is 0 Å². The summed E-state index contributed by atoms with van der Waals surface area (Å²) in [4.78, 5) is 14.4. The van der Waals surface area contributed by atoms with Gasteiger partial charge >= 0.3 is 0 Å². The Bertz CT molecular complexity index is 459. The number of carbonyl (C=O) groups excluding carboxylic acids is 1. The molecule has 0 aliphatic heterocycles. The second-order valence-electron chi connectivity index (χ2n) is 5.81. The predicted molar refractivity (Wildman–Crippen MR) is 102 cm³/mol. The molecule has 3 N–H and O–H groups in total. The largest absolute Gasteiger partial charge is 0.354 e. The molecule has 1 aromatic carbocycles. The summed E-state index contributed by atoms with van der Waals surface area (Å²) in [5.41, 5.74) is 6.37. The van der Waals surface area contributed by atoms with E-state index in [4.69, 9.17) is 5.73 Å². The van der Waals surface area contributed by atoms with Crippen LogP contribution in [0.25, 0.3) is 0 Å². The number of nitrogens with one attached hydrogen (secondary N) is 1. The number of carbonyl (C=O) groups is 1. The van der Waals surface area contributed by atoms with Crippen molar-refractivity contribution in [2.24, 2.45) is 11.1 Å². The summed E-state index contributed by atoms with van der Waals surface area (Å²) in [5, 5.41) is 2.98. The molecule has 4 nitrogen and oxygen atoms in total. The van der Waals surface area contributed by atoms with Crippen LogP contribution in [0.4, 0.5) is 4.39 Å². The minimum Gasteiger partial charge on any atom is -0.354 e. The average molecular weight is 382 g/mol. The summed E-state index contributed by atoms with van der Waals surface area (Å²) in [5.74, 6) is -0.189. The van der Waals surface area contributed by atoms with Crippen LogP contribution < -0.4 is 11.1 Å². The molecule has 0 aliphatic rings. The third-order valence-corrected chi connectivity index (χ3v) is 4.37. The molecular weight excluding hydrogens is 352 g/mol. The van der Waals surface area contributed by atoms with Gasteiger partial charge in [-0.25, -0.2) is 4.39 Å². The highest BCUT2D eigenvalue weighted by atomic mass is 35.5. The highest BCUT2D eigenvalue weighted by molar-refractivity contribution is 5.85. The van der Waals surface area contributed by atoms with Gasteiger partial charge in [0, 0.05) is 26.2 Å². The molecule has 0 heterocycles. The van der Waals surface area contributed by atoms with Crippen LogP contribution >= 0.6 is 24.8 Å². The number of nitrogens with two attached hydrogens (primary N) is 1. The molecule has 0 saturated heterocycles. The number of benzene rings is 1. The van der Waals surface area contributed by atoms with E-state index in [0.717, 1.165) is 31.5 Å². The topological polar surface area (TPSA) is 58.4 Å². The fourth-order valence-electron chi connectivity index (χ4n) is 2.48. The summed E-state index contributed by atoms with van der Waals surface area (Å²) in [7, 11) is 1.98. The maximum absolute atomic E-state index is 12.9. The van der Waals surface area contributed by atoms with Crippen LogP contribution in [0, 0.1) is 11.2 Å². The highest BCUT2D eigenvalue weighted by Crippen LogP contribution is 2.24. The van der Waals surface area contributed by atoms with Gasteiger partial charge in [0.25, 0.3) is 0 Å². The molecule has 0 saturated carbocycles. The lowest BCUT2D eigenvalue weighted by Gasteiger charge is -2.29. The molecule has 24 heavy (non-hydrogen) atoms. The Kier molecular flexibility index (Phi) is 13.2. The van der Waals surface area contributed by atoms with Crippen molar-refractivity contribution in [3.05, 3.63) is 35.6 Å². The molecule has 0 spiro atoms. The van der Waals surface area contributed by atoms with Crippen LogP contribution in [0.5, 0.6) is 0 Å². The van der Waals surface area contributed by atoms with Crippen LogP contribution in [0.2, 0.25) is 0 Å². The number of nitrogens with zero attached hydrogens (tertiary/aromatic N) is 1. The van der Waals surface area contributed by atoms with E-state index in [1.807, 2.05) is 20.9 Å². The Morgan fingerprint density at radius 3 is 2.21 bits per heavy atom. The fraction of sp³-hybridized carbons (Fsp3) is 0.588. The first kappa shape index (κ1) is 25.4. The van der Waals surface area contributed by atoms with E-state index in [1.54, 1.807) is 12.1 Å². The minimum atomic E-state index is -0.449. The maximum Gasteiger partial charge on any atom is 0.227 e. The van der Waals surface area contributed by atoms with E-state index in [0.29, 0.717) is 13.1 Å². The van der Waals surface area contributed by atoms with E-state index in [-0.39, 0.29) is 36.5 Å². The second kappa shape index (κ2) is 12.5. The van der Waals surface area contributed by atoms with Crippen LogP contribution in [0.3, 0.4) is 0 Å². The first-order valence-corrected chi connectivity index (χ1v) is 7.88. The summed E-state index contributed by atoms with van der Waals surface area (Å²) in [6, 6.07) is 6.47. The Hall–Kier alpha value is -0.880. The van der Waals surface area contributed by atoms with E-state index in [1.165, 1.54) is 12.1 Å². The smallest absolute Gasteiger partial charge is 0.227 e. The minimum absolute atomic E-state index is 0.